The van der Waals surface area contributed by atoms with Crippen LogP contribution in [0, 0.1) is 17.0 Å². The van der Waals surface area contributed by atoms with Gasteiger partial charge in [0.25, 0.3) is 5.69 Å². The van der Waals surface area contributed by atoms with Gasteiger partial charge in [-0.2, -0.15) is 0 Å². The quantitative estimate of drug-likeness (QED) is 0.640. The molecule has 2 aromatic rings. The van der Waals surface area contributed by atoms with E-state index in [0.29, 0.717) is 16.4 Å². The Morgan fingerprint density at radius 3 is 2.65 bits per heavy atom. The van der Waals surface area contributed by atoms with Gasteiger partial charge in [-0.1, -0.05) is 23.7 Å². The minimum Gasteiger partial charge on any atom is -0.374 e. The van der Waals surface area contributed by atoms with Crippen molar-refractivity contribution < 1.29 is 9.72 Å². The molecule has 0 unspecified atom stereocenters. The molecule has 0 aromatic heterocycles. The van der Waals surface area contributed by atoms with E-state index in [0.717, 1.165) is 5.56 Å². The van der Waals surface area contributed by atoms with Gasteiger partial charge in [-0.3, -0.25) is 14.9 Å². The summed E-state index contributed by atoms with van der Waals surface area (Å²) >= 11 is 6.02. The average Bonchev–Trinajstić information content (AvgIpc) is 2.52. The van der Waals surface area contributed by atoms with Crippen molar-refractivity contribution in [2.75, 3.05) is 10.6 Å². The molecule has 6 nitrogen and oxygen atoms in total. The molecule has 1 atom stereocenters. The van der Waals surface area contributed by atoms with Gasteiger partial charge in [-0.05, 0) is 37.6 Å². The zero-order valence-electron chi connectivity index (χ0n) is 12.7. The van der Waals surface area contributed by atoms with Gasteiger partial charge >= 0.3 is 0 Å². The highest BCUT2D eigenvalue weighted by Gasteiger charge is 2.15. The van der Waals surface area contributed by atoms with E-state index in [9.17, 15) is 14.9 Å². The van der Waals surface area contributed by atoms with E-state index < -0.39 is 11.0 Å². The first-order valence-corrected chi connectivity index (χ1v) is 7.33. The van der Waals surface area contributed by atoms with Gasteiger partial charge in [0, 0.05) is 28.5 Å². The standard InChI is InChI=1S/C16H16ClN3O3/c1-10-14(17)7-4-8-15(10)19-16(21)11(2)18-12-5-3-6-13(9-12)20(22)23/h3-9,11,18H,1-2H3,(H,19,21)/t11-/m0/s1. The first-order chi connectivity index (χ1) is 10.9. The Kier molecular flexibility index (Phi) is 5.18. The molecule has 120 valence electrons. The second-order valence-corrected chi connectivity index (χ2v) is 5.48. The molecule has 0 bridgehead atoms. The third-order valence-electron chi connectivity index (χ3n) is 3.36. The van der Waals surface area contributed by atoms with Crippen molar-refractivity contribution in [3.05, 3.63) is 63.2 Å². The predicted octanol–water partition coefficient (Wildman–Crippen LogP) is 4.00. The molecule has 0 aliphatic rings. The van der Waals surface area contributed by atoms with Crippen LogP contribution in [0.1, 0.15) is 12.5 Å². The van der Waals surface area contributed by atoms with Gasteiger partial charge < -0.3 is 10.6 Å². The SMILES string of the molecule is Cc1c(Cl)cccc1NC(=O)[C@H](C)Nc1cccc([N+](=O)[O-])c1. The van der Waals surface area contributed by atoms with Crippen LogP contribution in [0.4, 0.5) is 17.1 Å². The second kappa shape index (κ2) is 7.11. The van der Waals surface area contributed by atoms with Crippen molar-refractivity contribution in [2.45, 2.75) is 19.9 Å². The van der Waals surface area contributed by atoms with E-state index in [4.69, 9.17) is 11.6 Å². The number of halogens is 1. The van der Waals surface area contributed by atoms with Crippen LogP contribution in [-0.2, 0) is 4.79 Å². The average molecular weight is 334 g/mol. The number of rotatable bonds is 5. The molecule has 0 saturated heterocycles. The van der Waals surface area contributed by atoms with Crippen molar-refractivity contribution in [3.8, 4) is 0 Å². The Balaban J connectivity index is 2.07. The van der Waals surface area contributed by atoms with Gasteiger partial charge in [0.2, 0.25) is 5.91 Å². The normalized spacial score (nSPS) is 11.6. The number of carbonyl (C=O) groups is 1. The number of nitro groups is 1. The number of carbonyl (C=O) groups excluding carboxylic acids is 1. The van der Waals surface area contributed by atoms with Crippen LogP contribution in [-0.4, -0.2) is 16.9 Å². The van der Waals surface area contributed by atoms with Gasteiger partial charge in [-0.25, -0.2) is 0 Å². The molecule has 0 aliphatic carbocycles. The van der Waals surface area contributed by atoms with E-state index >= 15 is 0 Å². The van der Waals surface area contributed by atoms with Crippen LogP contribution in [0.3, 0.4) is 0 Å². The molecular weight excluding hydrogens is 318 g/mol. The molecular formula is C16H16ClN3O3. The van der Waals surface area contributed by atoms with Gasteiger partial charge in [0.05, 0.1) is 4.92 Å². The first kappa shape index (κ1) is 16.8. The summed E-state index contributed by atoms with van der Waals surface area (Å²) in [5.74, 6) is -0.262. The number of amides is 1. The van der Waals surface area contributed by atoms with E-state index in [1.54, 1.807) is 37.3 Å². The van der Waals surface area contributed by atoms with Crippen LogP contribution >= 0.6 is 11.6 Å². The van der Waals surface area contributed by atoms with E-state index in [2.05, 4.69) is 10.6 Å². The zero-order valence-corrected chi connectivity index (χ0v) is 13.4. The molecule has 0 spiro atoms. The second-order valence-electron chi connectivity index (χ2n) is 5.08. The summed E-state index contributed by atoms with van der Waals surface area (Å²) in [5, 5.41) is 17.1. The summed E-state index contributed by atoms with van der Waals surface area (Å²) < 4.78 is 0. The topological polar surface area (TPSA) is 84.3 Å². The highest BCUT2D eigenvalue weighted by molar-refractivity contribution is 6.31. The van der Waals surface area contributed by atoms with Crippen molar-refractivity contribution in [1.82, 2.24) is 0 Å². The molecule has 0 fully saturated rings. The molecule has 1 amide bonds. The maximum atomic E-state index is 12.2. The smallest absolute Gasteiger partial charge is 0.271 e. The Labute approximate surface area is 138 Å². The fraction of sp³-hybridized carbons (Fsp3) is 0.188. The molecule has 0 saturated carbocycles. The largest absolute Gasteiger partial charge is 0.374 e. The molecule has 2 N–H and O–H groups in total. The lowest BCUT2D eigenvalue weighted by Gasteiger charge is -2.16. The zero-order chi connectivity index (χ0) is 17.0. The maximum Gasteiger partial charge on any atom is 0.271 e. The molecule has 2 aromatic carbocycles. The van der Waals surface area contributed by atoms with E-state index in [1.807, 2.05) is 6.92 Å². The molecule has 0 radical (unpaired) electrons. The van der Waals surface area contributed by atoms with Gasteiger partial charge in [-0.15, -0.1) is 0 Å². The Morgan fingerprint density at radius 2 is 1.96 bits per heavy atom. The van der Waals surface area contributed by atoms with Gasteiger partial charge in [0.15, 0.2) is 0 Å². The summed E-state index contributed by atoms with van der Waals surface area (Å²) in [5.41, 5.74) is 1.89. The van der Waals surface area contributed by atoms with Gasteiger partial charge in [0.1, 0.15) is 6.04 Å². The minimum atomic E-state index is -0.574. The maximum absolute atomic E-state index is 12.2. The van der Waals surface area contributed by atoms with E-state index in [-0.39, 0.29) is 11.6 Å². The predicted molar refractivity (Wildman–Crippen MR) is 91.0 cm³/mol. The molecule has 0 aliphatic heterocycles. The number of non-ortho nitro benzene ring substituents is 1. The summed E-state index contributed by atoms with van der Waals surface area (Å²) in [6.07, 6.45) is 0. The summed E-state index contributed by atoms with van der Waals surface area (Å²) in [4.78, 5) is 22.5. The van der Waals surface area contributed by atoms with Crippen LogP contribution in [0.2, 0.25) is 5.02 Å². The van der Waals surface area contributed by atoms with Crippen LogP contribution in [0.5, 0.6) is 0 Å². The van der Waals surface area contributed by atoms with Crippen molar-refractivity contribution in [1.29, 1.82) is 0 Å². The lowest BCUT2D eigenvalue weighted by Crippen LogP contribution is -2.32. The monoisotopic (exact) mass is 333 g/mol. The highest BCUT2D eigenvalue weighted by atomic mass is 35.5. The Bertz CT molecular complexity index is 749. The number of anilines is 2. The first-order valence-electron chi connectivity index (χ1n) is 6.95. The van der Waals surface area contributed by atoms with Crippen molar-refractivity contribution in [3.63, 3.8) is 0 Å². The van der Waals surface area contributed by atoms with Crippen LogP contribution in [0.25, 0.3) is 0 Å². The minimum absolute atomic E-state index is 0.0340. The number of benzene rings is 2. The van der Waals surface area contributed by atoms with E-state index in [1.165, 1.54) is 12.1 Å². The van der Waals surface area contributed by atoms with Crippen LogP contribution < -0.4 is 10.6 Å². The summed E-state index contributed by atoms with van der Waals surface area (Å²) in [7, 11) is 0. The third-order valence-corrected chi connectivity index (χ3v) is 3.77. The van der Waals surface area contributed by atoms with Crippen molar-refractivity contribution in [2.24, 2.45) is 0 Å². The fourth-order valence-corrected chi connectivity index (χ4v) is 2.18. The Hall–Kier alpha value is -2.60. The number of nitro benzene ring substituents is 1. The lowest BCUT2D eigenvalue weighted by molar-refractivity contribution is -0.384. The van der Waals surface area contributed by atoms with Crippen LogP contribution in [0.15, 0.2) is 42.5 Å². The molecule has 7 heteroatoms. The summed E-state index contributed by atoms with van der Waals surface area (Å²) in [6.45, 7) is 3.49. The number of nitrogens with one attached hydrogen (secondary N) is 2. The number of nitrogens with zero attached hydrogens (tertiary/aromatic N) is 1. The number of hydrogen-bond donors (Lipinski definition) is 2. The van der Waals surface area contributed by atoms with Crippen molar-refractivity contribution >= 4 is 34.6 Å². The lowest BCUT2D eigenvalue weighted by atomic mass is 10.2. The summed E-state index contributed by atoms with van der Waals surface area (Å²) in [6, 6.07) is 10.7. The Morgan fingerprint density at radius 1 is 1.26 bits per heavy atom. The number of hydrogen-bond acceptors (Lipinski definition) is 4. The molecule has 0 heterocycles. The third kappa shape index (κ3) is 4.20. The molecule has 2 rings (SSSR count). The molecule has 23 heavy (non-hydrogen) atoms. The highest BCUT2D eigenvalue weighted by Crippen LogP contribution is 2.23. The fourth-order valence-electron chi connectivity index (χ4n) is 2.01.